The second kappa shape index (κ2) is 3.18. The first kappa shape index (κ1) is 8.25. The standard InChI is InChI=1S/C8H10N2O3/c11-6-3-4-10(8(12)9-6)7-2-1-5-13-7/h3-4,7H,1-2,5H2,(H,9,11,12)/t7-/m0/s1. The van der Waals surface area contributed by atoms with Crippen molar-refractivity contribution < 1.29 is 4.74 Å². The van der Waals surface area contributed by atoms with Crippen LogP contribution in [0.5, 0.6) is 0 Å². The molecule has 1 fully saturated rings. The summed E-state index contributed by atoms with van der Waals surface area (Å²) in [5.41, 5.74) is -0.779. The zero-order chi connectivity index (χ0) is 9.26. The van der Waals surface area contributed by atoms with Crippen molar-refractivity contribution in [2.75, 3.05) is 6.61 Å². The van der Waals surface area contributed by atoms with Gasteiger partial charge in [0.15, 0.2) is 0 Å². The van der Waals surface area contributed by atoms with Crippen LogP contribution >= 0.6 is 0 Å². The van der Waals surface area contributed by atoms with Crippen molar-refractivity contribution in [1.29, 1.82) is 0 Å². The molecule has 0 amide bonds. The smallest absolute Gasteiger partial charge is 0.330 e. The zero-order valence-electron chi connectivity index (χ0n) is 7.03. The minimum absolute atomic E-state index is 0.204. The van der Waals surface area contributed by atoms with E-state index in [1.807, 2.05) is 0 Å². The van der Waals surface area contributed by atoms with Crippen LogP contribution in [-0.4, -0.2) is 16.2 Å². The Kier molecular flexibility index (Phi) is 2.02. The van der Waals surface area contributed by atoms with E-state index in [0.29, 0.717) is 6.61 Å². The molecule has 0 aromatic carbocycles. The quantitative estimate of drug-likeness (QED) is 0.656. The van der Waals surface area contributed by atoms with Gasteiger partial charge < -0.3 is 4.74 Å². The number of aromatic nitrogens is 2. The molecule has 0 saturated carbocycles. The number of hydrogen-bond donors (Lipinski definition) is 1. The second-order valence-corrected chi connectivity index (χ2v) is 2.99. The average Bonchev–Trinajstić information content (AvgIpc) is 2.56. The van der Waals surface area contributed by atoms with Crippen molar-refractivity contribution in [3.8, 4) is 0 Å². The molecule has 5 heteroatoms. The van der Waals surface area contributed by atoms with Crippen molar-refractivity contribution in [3.63, 3.8) is 0 Å². The van der Waals surface area contributed by atoms with Gasteiger partial charge >= 0.3 is 5.69 Å². The van der Waals surface area contributed by atoms with Gasteiger partial charge in [0.25, 0.3) is 5.56 Å². The highest BCUT2D eigenvalue weighted by atomic mass is 16.5. The van der Waals surface area contributed by atoms with E-state index >= 15 is 0 Å². The van der Waals surface area contributed by atoms with Crippen LogP contribution in [0.25, 0.3) is 0 Å². The van der Waals surface area contributed by atoms with E-state index < -0.39 is 5.69 Å². The summed E-state index contributed by atoms with van der Waals surface area (Å²) >= 11 is 0. The summed E-state index contributed by atoms with van der Waals surface area (Å²) in [6.07, 6.45) is 3.05. The highest BCUT2D eigenvalue weighted by molar-refractivity contribution is 4.84. The summed E-state index contributed by atoms with van der Waals surface area (Å²) in [6.45, 7) is 0.677. The summed E-state index contributed by atoms with van der Waals surface area (Å²) < 4.78 is 6.71. The van der Waals surface area contributed by atoms with Crippen molar-refractivity contribution in [2.24, 2.45) is 0 Å². The lowest BCUT2D eigenvalue weighted by Crippen LogP contribution is -2.31. The van der Waals surface area contributed by atoms with E-state index in [1.165, 1.54) is 16.8 Å². The molecule has 1 atom stereocenters. The van der Waals surface area contributed by atoms with Crippen LogP contribution in [0.2, 0.25) is 0 Å². The first-order chi connectivity index (χ1) is 6.27. The van der Waals surface area contributed by atoms with Crippen LogP contribution < -0.4 is 11.2 Å². The maximum absolute atomic E-state index is 11.3. The van der Waals surface area contributed by atoms with Gasteiger partial charge in [-0.25, -0.2) is 4.79 Å². The SMILES string of the molecule is O=c1ccn([C@@H]2CCCO2)c(=O)[nH]1. The molecule has 1 aliphatic heterocycles. The Labute approximate surface area is 74.0 Å². The van der Waals surface area contributed by atoms with Gasteiger partial charge in [-0.2, -0.15) is 0 Å². The lowest BCUT2D eigenvalue weighted by molar-refractivity contribution is 0.0526. The van der Waals surface area contributed by atoms with Crippen LogP contribution in [0.1, 0.15) is 19.1 Å². The molecule has 0 spiro atoms. The van der Waals surface area contributed by atoms with Gasteiger partial charge in [0, 0.05) is 18.9 Å². The molecular formula is C8H10N2O3. The molecule has 1 saturated heterocycles. The molecule has 1 aromatic heterocycles. The van der Waals surface area contributed by atoms with E-state index in [1.54, 1.807) is 0 Å². The van der Waals surface area contributed by atoms with Gasteiger partial charge in [0.05, 0.1) is 0 Å². The van der Waals surface area contributed by atoms with E-state index in [-0.39, 0.29) is 11.8 Å². The predicted octanol–water partition coefficient (Wildman–Crippen LogP) is -0.154. The number of aromatic amines is 1. The van der Waals surface area contributed by atoms with E-state index in [0.717, 1.165) is 12.8 Å². The number of H-pyrrole nitrogens is 1. The first-order valence-electron chi connectivity index (χ1n) is 4.20. The maximum Gasteiger partial charge on any atom is 0.330 e. The van der Waals surface area contributed by atoms with Crippen molar-refractivity contribution in [1.82, 2.24) is 9.55 Å². The average molecular weight is 182 g/mol. The molecule has 1 aromatic rings. The van der Waals surface area contributed by atoms with Crippen LogP contribution in [-0.2, 0) is 4.74 Å². The topological polar surface area (TPSA) is 64.1 Å². The minimum atomic E-state index is -0.403. The molecule has 13 heavy (non-hydrogen) atoms. The first-order valence-corrected chi connectivity index (χ1v) is 4.20. The number of nitrogens with one attached hydrogen (secondary N) is 1. The van der Waals surface area contributed by atoms with Gasteiger partial charge in [0.2, 0.25) is 0 Å². The molecular weight excluding hydrogens is 172 g/mol. The number of hydrogen-bond acceptors (Lipinski definition) is 3. The molecule has 70 valence electrons. The molecule has 2 rings (SSSR count). The lowest BCUT2D eigenvalue weighted by atomic mass is 10.3. The minimum Gasteiger partial charge on any atom is -0.358 e. The Morgan fingerprint density at radius 3 is 3.00 bits per heavy atom. The fraction of sp³-hybridized carbons (Fsp3) is 0.500. The lowest BCUT2D eigenvalue weighted by Gasteiger charge is -2.11. The summed E-state index contributed by atoms with van der Waals surface area (Å²) in [7, 11) is 0. The third-order valence-corrected chi connectivity index (χ3v) is 2.07. The zero-order valence-corrected chi connectivity index (χ0v) is 7.03. The summed E-state index contributed by atoms with van der Waals surface area (Å²) in [4.78, 5) is 24.2. The monoisotopic (exact) mass is 182 g/mol. The van der Waals surface area contributed by atoms with Gasteiger partial charge in [-0.3, -0.25) is 14.3 Å². The number of rotatable bonds is 1. The highest BCUT2D eigenvalue weighted by Gasteiger charge is 2.17. The van der Waals surface area contributed by atoms with Crippen LogP contribution in [0.15, 0.2) is 21.9 Å². The molecule has 1 N–H and O–H groups in total. The highest BCUT2D eigenvalue weighted by Crippen LogP contribution is 2.19. The molecule has 0 aliphatic carbocycles. The molecule has 5 nitrogen and oxygen atoms in total. The van der Waals surface area contributed by atoms with Crippen molar-refractivity contribution in [2.45, 2.75) is 19.1 Å². The van der Waals surface area contributed by atoms with E-state index in [9.17, 15) is 9.59 Å². The van der Waals surface area contributed by atoms with Crippen LogP contribution in [0.4, 0.5) is 0 Å². The maximum atomic E-state index is 11.3. The van der Waals surface area contributed by atoms with Crippen LogP contribution in [0, 0.1) is 0 Å². The fourth-order valence-electron chi connectivity index (χ4n) is 1.43. The molecule has 2 heterocycles. The van der Waals surface area contributed by atoms with Gasteiger partial charge in [-0.05, 0) is 12.8 Å². The van der Waals surface area contributed by atoms with Crippen molar-refractivity contribution >= 4 is 0 Å². The molecule has 0 radical (unpaired) electrons. The summed E-state index contributed by atoms with van der Waals surface area (Å²) in [5.74, 6) is 0. The predicted molar refractivity (Wildman–Crippen MR) is 45.5 cm³/mol. The Bertz CT molecular complexity index is 400. The Morgan fingerprint density at radius 2 is 2.38 bits per heavy atom. The fourth-order valence-corrected chi connectivity index (χ4v) is 1.43. The summed E-state index contributed by atoms with van der Waals surface area (Å²) in [5, 5.41) is 0. The third kappa shape index (κ3) is 1.55. The largest absolute Gasteiger partial charge is 0.358 e. The van der Waals surface area contributed by atoms with Crippen molar-refractivity contribution in [3.05, 3.63) is 33.1 Å². The Morgan fingerprint density at radius 1 is 1.54 bits per heavy atom. The Balaban J connectivity index is 2.40. The summed E-state index contributed by atoms with van der Waals surface area (Å²) in [6, 6.07) is 1.32. The molecule has 0 bridgehead atoms. The van der Waals surface area contributed by atoms with E-state index in [4.69, 9.17) is 4.74 Å². The van der Waals surface area contributed by atoms with Gasteiger partial charge in [0.1, 0.15) is 6.23 Å². The van der Waals surface area contributed by atoms with Crippen LogP contribution in [0.3, 0.4) is 0 Å². The molecule has 1 aliphatic rings. The second-order valence-electron chi connectivity index (χ2n) is 2.99. The molecule has 0 unspecified atom stereocenters. The van der Waals surface area contributed by atoms with E-state index in [2.05, 4.69) is 4.98 Å². The third-order valence-electron chi connectivity index (χ3n) is 2.07. The number of ether oxygens (including phenoxy) is 1. The normalized spacial score (nSPS) is 22.0. The van der Waals surface area contributed by atoms with Gasteiger partial charge in [-0.15, -0.1) is 0 Å². The Hall–Kier alpha value is -1.36. The van der Waals surface area contributed by atoms with Gasteiger partial charge in [-0.1, -0.05) is 0 Å². The number of nitrogens with zero attached hydrogens (tertiary/aromatic N) is 1.